The van der Waals surface area contributed by atoms with E-state index in [0.29, 0.717) is 27.6 Å². The molecule has 0 fully saturated rings. The molecule has 0 spiro atoms. The predicted molar refractivity (Wildman–Crippen MR) is 79.2 cm³/mol. The molecule has 6 nitrogen and oxygen atoms in total. The van der Waals surface area contributed by atoms with Crippen LogP contribution in [0.3, 0.4) is 0 Å². The van der Waals surface area contributed by atoms with E-state index in [9.17, 15) is 4.79 Å². The number of carbonyl (C=O) groups excluding carboxylic acids is 1. The van der Waals surface area contributed by atoms with Gasteiger partial charge in [-0.15, -0.1) is 0 Å². The van der Waals surface area contributed by atoms with Gasteiger partial charge in [-0.05, 0) is 12.1 Å². The second kappa shape index (κ2) is 4.96. The molecule has 0 bridgehead atoms. The van der Waals surface area contributed by atoms with Gasteiger partial charge in [0.25, 0.3) is 5.91 Å². The molecule has 0 aliphatic carbocycles. The number of nitriles is 1. The third kappa shape index (κ3) is 2.24. The molecule has 0 radical (unpaired) electrons. The quantitative estimate of drug-likeness (QED) is 0.762. The van der Waals surface area contributed by atoms with Gasteiger partial charge in [0, 0.05) is 12.4 Å². The van der Waals surface area contributed by atoms with Crippen molar-refractivity contribution in [2.24, 2.45) is 7.05 Å². The second-order valence-electron chi connectivity index (χ2n) is 4.48. The molecule has 0 aliphatic rings. The molecule has 1 amide bonds. The first-order chi connectivity index (χ1) is 10.1. The van der Waals surface area contributed by atoms with Gasteiger partial charge in [0.05, 0.1) is 16.7 Å². The Morgan fingerprint density at radius 3 is 3.05 bits per heavy atom. The molecule has 0 saturated heterocycles. The lowest BCUT2D eigenvalue weighted by atomic mass is 10.2. The van der Waals surface area contributed by atoms with E-state index < -0.39 is 0 Å². The Morgan fingerprint density at radius 1 is 1.52 bits per heavy atom. The molecular formula is C14H10ClN5O. The highest BCUT2D eigenvalue weighted by atomic mass is 35.5. The number of fused-ring (bicyclic) bond motifs is 1. The van der Waals surface area contributed by atoms with Crippen molar-refractivity contribution in [2.45, 2.75) is 0 Å². The molecule has 0 unspecified atom stereocenters. The van der Waals surface area contributed by atoms with Gasteiger partial charge in [-0.2, -0.15) is 10.4 Å². The predicted octanol–water partition coefficient (Wildman–Crippen LogP) is 2.68. The monoisotopic (exact) mass is 299 g/mol. The van der Waals surface area contributed by atoms with Gasteiger partial charge in [-0.25, -0.2) is 0 Å². The highest BCUT2D eigenvalue weighted by Gasteiger charge is 2.15. The first-order valence-corrected chi connectivity index (χ1v) is 6.48. The summed E-state index contributed by atoms with van der Waals surface area (Å²) in [4.78, 5) is 15.3. The summed E-state index contributed by atoms with van der Waals surface area (Å²) >= 11 is 6.07. The Morgan fingerprint density at radius 2 is 2.33 bits per heavy atom. The lowest BCUT2D eigenvalue weighted by molar-refractivity contribution is 0.102. The number of rotatable bonds is 2. The number of amides is 1. The smallest absolute Gasteiger partial charge is 0.273 e. The van der Waals surface area contributed by atoms with E-state index in [-0.39, 0.29) is 5.91 Å². The molecule has 104 valence electrons. The molecule has 3 aromatic rings. The van der Waals surface area contributed by atoms with Crippen LogP contribution in [0.15, 0.2) is 30.5 Å². The van der Waals surface area contributed by atoms with Crippen molar-refractivity contribution >= 4 is 34.2 Å². The third-order valence-electron chi connectivity index (χ3n) is 3.14. The van der Waals surface area contributed by atoms with E-state index in [4.69, 9.17) is 16.9 Å². The van der Waals surface area contributed by atoms with E-state index in [1.807, 2.05) is 18.2 Å². The van der Waals surface area contributed by atoms with Crippen LogP contribution in [0.1, 0.15) is 16.1 Å². The zero-order valence-electron chi connectivity index (χ0n) is 11.0. The number of nitrogens with zero attached hydrogens (tertiary/aromatic N) is 3. The Bertz CT molecular complexity index is 887. The van der Waals surface area contributed by atoms with E-state index >= 15 is 0 Å². The number of hydrogen-bond donors (Lipinski definition) is 2. The standard InChI is InChI=1S/C14H10ClN5O/c1-20-13(9(6-16)7-17-20)19-14(21)11-5-8-3-2-4-10(15)12(8)18-11/h2-5,7,18H,1H3,(H,19,21). The topological polar surface area (TPSA) is 86.5 Å². The number of anilines is 1. The van der Waals surface area contributed by atoms with Crippen molar-refractivity contribution in [3.05, 3.63) is 46.7 Å². The number of aromatic nitrogens is 3. The largest absolute Gasteiger partial charge is 0.349 e. The Hall–Kier alpha value is -2.78. The fourth-order valence-electron chi connectivity index (χ4n) is 2.08. The van der Waals surface area contributed by atoms with Gasteiger partial charge < -0.3 is 10.3 Å². The van der Waals surface area contributed by atoms with Gasteiger partial charge in [-0.1, -0.05) is 23.7 Å². The highest BCUT2D eigenvalue weighted by Crippen LogP contribution is 2.24. The minimum absolute atomic E-state index is 0.306. The second-order valence-corrected chi connectivity index (χ2v) is 4.89. The number of halogens is 1. The first-order valence-electron chi connectivity index (χ1n) is 6.11. The molecule has 2 heterocycles. The normalized spacial score (nSPS) is 10.5. The highest BCUT2D eigenvalue weighted by molar-refractivity contribution is 6.35. The molecule has 21 heavy (non-hydrogen) atoms. The van der Waals surface area contributed by atoms with Crippen molar-refractivity contribution in [1.82, 2.24) is 14.8 Å². The average molecular weight is 300 g/mol. The summed E-state index contributed by atoms with van der Waals surface area (Å²) in [5.41, 5.74) is 1.37. The van der Waals surface area contributed by atoms with Crippen LogP contribution in [0.5, 0.6) is 0 Å². The van der Waals surface area contributed by atoms with E-state index in [2.05, 4.69) is 15.4 Å². The summed E-state index contributed by atoms with van der Waals surface area (Å²) in [7, 11) is 1.65. The van der Waals surface area contributed by atoms with Crippen molar-refractivity contribution in [3.8, 4) is 6.07 Å². The summed E-state index contributed by atoms with van der Waals surface area (Å²) in [6.45, 7) is 0. The van der Waals surface area contributed by atoms with Crippen LogP contribution in [0.25, 0.3) is 10.9 Å². The van der Waals surface area contributed by atoms with Gasteiger partial charge in [-0.3, -0.25) is 9.48 Å². The fraction of sp³-hybridized carbons (Fsp3) is 0.0714. The minimum Gasteiger partial charge on any atom is -0.349 e. The van der Waals surface area contributed by atoms with Crippen LogP contribution in [-0.4, -0.2) is 20.7 Å². The molecule has 2 N–H and O–H groups in total. The van der Waals surface area contributed by atoms with Crippen molar-refractivity contribution in [2.75, 3.05) is 5.32 Å². The van der Waals surface area contributed by atoms with E-state index in [1.165, 1.54) is 10.9 Å². The maximum absolute atomic E-state index is 12.3. The number of para-hydroxylation sites is 1. The number of aromatic amines is 1. The summed E-state index contributed by atoms with van der Waals surface area (Å²) in [6, 6.07) is 9.11. The summed E-state index contributed by atoms with van der Waals surface area (Å²) in [5.74, 6) is -0.00498. The zero-order valence-corrected chi connectivity index (χ0v) is 11.8. The number of hydrogen-bond acceptors (Lipinski definition) is 3. The summed E-state index contributed by atoms with van der Waals surface area (Å²) < 4.78 is 1.44. The number of aryl methyl sites for hydroxylation is 1. The van der Waals surface area contributed by atoms with Crippen molar-refractivity contribution in [3.63, 3.8) is 0 Å². The minimum atomic E-state index is -0.359. The van der Waals surface area contributed by atoms with Crippen LogP contribution in [0, 0.1) is 11.3 Å². The molecule has 0 aliphatic heterocycles. The molecule has 2 aromatic heterocycles. The lowest BCUT2D eigenvalue weighted by Crippen LogP contribution is -2.15. The fourth-order valence-corrected chi connectivity index (χ4v) is 2.31. The molecular weight excluding hydrogens is 290 g/mol. The molecule has 0 atom stereocenters. The van der Waals surface area contributed by atoms with Gasteiger partial charge in [0.2, 0.25) is 0 Å². The molecule has 0 saturated carbocycles. The van der Waals surface area contributed by atoms with Crippen molar-refractivity contribution < 1.29 is 4.79 Å². The average Bonchev–Trinajstić information content (AvgIpc) is 3.05. The molecule has 1 aromatic carbocycles. The number of nitrogens with one attached hydrogen (secondary N) is 2. The molecule has 7 heteroatoms. The lowest BCUT2D eigenvalue weighted by Gasteiger charge is -2.04. The number of benzene rings is 1. The maximum Gasteiger partial charge on any atom is 0.273 e. The van der Waals surface area contributed by atoms with E-state index in [0.717, 1.165) is 5.39 Å². The third-order valence-corrected chi connectivity index (χ3v) is 3.46. The Labute approximate surface area is 124 Å². The van der Waals surface area contributed by atoms with Crippen molar-refractivity contribution in [1.29, 1.82) is 5.26 Å². The van der Waals surface area contributed by atoms with E-state index in [1.54, 1.807) is 19.2 Å². The van der Waals surface area contributed by atoms with Crippen LogP contribution in [0.2, 0.25) is 5.02 Å². The number of H-pyrrole nitrogens is 1. The van der Waals surface area contributed by atoms with Crippen LogP contribution >= 0.6 is 11.6 Å². The Kier molecular flexibility index (Phi) is 3.12. The number of carbonyl (C=O) groups is 1. The summed E-state index contributed by atoms with van der Waals surface area (Å²) in [5, 5.41) is 17.0. The van der Waals surface area contributed by atoms with Crippen LogP contribution in [-0.2, 0) is 7.05 Å². The molecule has 3 rings (SSSR count). The first kappa shape index (κ1) is 13.2. The Balaban J connectivity index is 1.96. The SMILES string of the molecule is Cn1ncc(C#N)c1NC(=O)c1cc2cccc(Cl)c2[nH]1. The van der Waals surface area contributed by atoms with Gasteiger partial charge in [0.1, 0.15) is 23.1 Å². The maximum atomic E-state index is 12.3. The summed E-state index contributed by atoms with van der Waals surface area (Å²) in [6.07, 6.45) is 1.40. The zero-order chi connectivity index (χ0) is 15.0. The van der Waals surface area contributed by atoms with Crippen LogP contribution < -0.4 is 5.32 Å². The van der Waals surface area contributed by atoms with Gasteiger partial charge in [0.15, 0.2) is 0 Å². The van der Waals surface area contributed by atoms with Crippen LogP contribution in [0.4, 0.5) is 5.82 Å². The van der Waals surface area contributed by atoms with Gasteiger partial charge >= 0.3 is 0 Å².